The molecular formula is C19H22N2O2. The second-order valence-corrected chi connectivity index (χ2v) is 5.72. The molecule has 0 aliphatic rings. The summed E-state index contributed by atoms with van der Waals surface area (Å²) in [6.45, 7) is 4.81. The molecule has 0 radical (unpaired) electrons. The Morgan fingerprint density at radius 1 is 1.13 bits per heavy atom. The largest absolute Gasteiger partial charge is 0.491 e. The van der Waals surface area contributed by atoms with Gasteiger partial charge in [-0.15, -0.1) is 0 Å². The maximum absolute atomic E-state index is 10.3. The quantitative estimate of drug-likeness (QED) is 0.759. The molecule has 1 N–H and O–H groups in total. The van der Waals surface area contributed by atoms with E-state index in [1.54, 1.807) is 0 Å². The molecule has 4 heteroatoms. The van der Waals surface area contributed by atoms with Crippen molar-refractivity contribution in [2.24, 2.45) is 0 Å². The van der Waals surface area contributed by atoms with Gasteiger partial charge in [0.15, 0.2) is 0 Å². The number of imidazole rings is 1. The number of benzene rings is 2. The first kappa shape index (κ1) is 15.6. The van der Waals surface area contributed by atoms with Gasteiger partial charge in [0.25, 0.3) is 0 Å². The van der Waals surface area contributed by atoms with E-state index in [-0.39, 0.29) is 6.61 Å². The molecule has 0 fully saturated rings. The molecule has 23 heavy (non-hydrogen) atoms. The number of nitrogens with zero attached hydrogens (tertiary/aromatic N) is 2. The van der Waals surface area contributed by atoms with Gasteiger partial charge in [-0.25, -0.2) is 4.98 Å². The van der Waals surface area contributed by atoms with E-state index >= 15 is 0 Å². The molecule has 1 atom stereocenters. The molecule has 3 aromatic rings. The molecule has 4 nitrogen and oxygen atoms in total. The third-order valence-corrected chi connectivity index (χ3v) is 4.01. The zero-order valence-corrected chi connectivity index (χ0v) is 13.6. The van der Waals surface area contributed by atoms with E-state index in [0.717, 1.165) is 29.0 Å². The topological polar surface area (TPSA) is 47.3 Å². The van der Waals surface area contributed by atoms with Gasteiger partial charge in [0.2, 0.25) is 0 Å². The van der Waals surface area contributed by atoms with Crippen molar-refractivity contribution in [3.8, 4) is 5.75 Å². The van der Waals surface area contributed by atoms with Crippen LogP contribution in [0.1, 0.15) is 18.3 Å². The maximum Gasteiger partial charge on any atom is 0.119 e. The highest BCUT2D eigenvalue weighted by Gasteiger charge is 2.12. The van der Waals surface area contributed by atoms with Gasteiger partial charge in [-0.2, -0.15) is 0 Å². The Bertz CT molecular complexity index is 778. The van der Waals surface area contributed by atoms with Gasteiger partial charge in [0.1, 0.15) is 24.3 Å². The van der Waals surface area contributed by atoms with Crippen LogP contribution in [0.4, 0.5) is 0 Å². The van der Waals surface area contributed by atoms with Gasteiger partial charge >= 0.3 is 0 Å². The number of rotatable bonds is 6. The lowest BCUT2D eigenvalue weighted by Gasteiger charge is -2.15. The lowest BCUT2D eigenvalue weighted by Crippen LogP contribution is -2.24. The number of para-hydroxylation sites is 2. The molecule has 0 unspecified atom stereocenters. The van der Waals surface area contributed by atoms with Gasteiger partial charge in [0.05, 0.1) is 17.6 Å². The predicted octanol–water partition coefficient (Wildman–Crippen LogP) is 3.35. The van der Waals surface area contributed by atoms with Crippen molar-refractivity contribution in [1.82, 2.24) is 9.55 Å². The highest BCUT2D eigenvalue weighted by Crippen LogP contribution is 2.17. The highest BCUT2D eigenvalue weighted by atomic mass is 16.5. The van der Waals surface area contributed by atoms with Gasteiger partial charge < -0.3 is 14.4 Å². The first-order valence-electron chi connectivity index (χ1n) is 7.99. The Balaban J connectivity index is 1.64. The van der Waals surface area contributed by atoms with Crippen molar-refractivity contribution in [2.75, 3.05) is 6.61 Å². The minimum Gasteiger partial charge on any atom is -0.491 e. The summed E-state index contributed by atoms with van der Waals surface area (Å²) in [7, 11) is 0. The molecule has 120 valence electrons. The van der Waals surface area contributed by atoms with Crippen molar-refractivity contribution >= 4 is 11.0 Å². The van der Waals surface area contributed by atoms with Crippen LogP contribution in [0.25, 0.3) is 11.0 Å². The van der Waals surface area contributed by atoms with Crippen molar-refractivity contribution in [3.05, 3.63) is 59.9 Å². The Hall–Kier alpha value is -2.33. The van der Waals surface area contributed by atoms with Crippen molar-refractivity contribution in [3.63, 3.8) is 0 Å². The Labute approximate surface area is 136 Å². The fourth-order valence-corrected chi connectivity index (χ4v) is 2.70. The van der Waals surface area contributed by atoms with E-state index in [4.69, 9.17) is 4.74 Å². The summed E-state index contributed by atoms with van der Waals surface area (Å²) in [4.78, 5) is 4.51. The SMILES string of the molecule is CCc1ccc(OC[C@H](O)Cn2c(C)nc3ccccc32)cc1. The number of aliphatic hydroxyl groups excluding tert-OH is 1. The summed E-state index contributed by atoms with van der Waals surface area (Å²) in [6.07, 6.45) is 0.424. The first-order valence-corrected chi connectivity index (χ1v) is 7.99. The molecule has 0 saturated carbocycles. The molecule has 0 spiro atoms. The van der Waals surface area contributed by atoms with Crippen LogP contribution in [0.2, 0.25) is 0 Å². The highest BCUT2D eigenvalue weighted by molar-refractivity contribution is 5.75. The summed E-state index contributed by atoms with van der Waals surface area (Å²) in [5.41, 5.74) is 3.27. The Morgan fingerprint density at radius 2 is 1.87 bits per heavy atom. The van der Waals surface area contributed by atoms with Gasteiger partial charge in [-0.3, -0.25) is 0 Å². The molecule has 0 bridgehead atoms. The van der Waals surface area contributed by atoms with Gasteiger partial charge in [-0.05, 0) is 43.2 Å². The lowest BCUT2D eigenvalue weighted by molar-refractivity contribution is 0.0929. The fourth-order valence-electron chi connectivity index (χ4n) is 2.70. The average Bonchev–Trinajstić information content (AvgIpc) is 2.89. The summed E-state index contributed by atoms with van der Waals surface area (Å²) in [6, 6.07) is 16.0. The second kappa shape index (κ2) is 6.84. The molecule has 0 aliphatic heterocycles. The third kappa shape index (κ3) is 3.54. The van der Waals surface area contributed by atoms with Crippen LogP contribution in [0.3, 0.4) is 0 Å². The van der Waals surface area contributed by atoms with Crippen LogP contribution < -0.4 is 4.74 Å². The average molecular weight is 310 g/mol. The number of hydrogen-bond donors (Lipinski definition) is 1. The van der Waals surface area contributed by atoms with Crippen LogP contribution in [-0.4, -0.2) is 27.4 Å². The van der Waals surface area contributed by atoms with E-state index in [0.29, 0.717) is 6.54 Å². The van der Waals surface area contributed by atoms with Crippen LogP contribution in [-0.2, 0) is 13.0 Å². The first-order chi connectivity index (χ1) is 11.2. The molecule has 1 heterocycles. The summed E-state index contributed by atoms with van der Waals surface area (Å²) in [5, 5.41) is 10.3. The van der Waals surface area contributed by atoms with E-state index < -0.39 is 6.10 Å². The zero-order chi connectivity index (χ0) is 16.2. The second-order valence-electron chi connectivity index (χ2n) is 5.72. The number of aryl methyl sites for hydroxylation is 2. The van der Waals surface area contributed by atoms with Crippen molar-refractivity contribution in [2.45, 2.75) is 32.9 Å². The fraction of sp³-hybridized carbons (Fsp3) is 0.316. The number of aromatic nitrogens is 2. The molecular weight excluding hydrogens is 288 g/mol. The lowest BCUT2D eigenvalue weighted by atomic mass is 10.2. The molecule has 1 aromatic heterocycles. The molecule has 0 saturated heterocycles. The van der Waals surface area contributed by atoms with Gasteiger partial charge in [0, 0.05) is 0 Å². The van der Waals surface area contributed by atoms with Crippen LogP contribution in [0.15, 0.2) is 48.5 Å². The minimum atomic E-state index is -0.586. The van der Waals surface area contributed by atoms with Crippen LogP contribution in [0.5, 0.6) is 5.75 Å². The smallest absolute Gasteiger partial charge is 0.119 e. The monoisotopic (exact) mass is 310 g/mol. The maximum atomic E-state index is 10.3. The third-order valence-electron chi connectivity index (χ3n) is 4.01. The minimum absolute atomic E-state index is 0.261. The van der Waals surface area contributed by atoms with Crippen molar-refractivity contribution < 1.29 is 9.84 Å². The predicted molar refractivity (Wildman–Crippen MR) is 91.8 cm³/mol. The summed E-state index contributed by atoms with van der Waals surface area (Å²) in [5.74, 6) is 1.69. The normalized spacial score (nSPS) is 12.5. The van der Waals surface area contributed by atoms with E-state index in [9.17, 15) is 5.11 Å². The Morgan fingerprint density at radius 3 is 2.61 bits per heavy atom. The number of aliphatic hydroxyl groups is 1. The molecule has 0 amide bonds. The molecule has 2 aromatic carbocycles. The zero-order valence-electron chi connectivity index (χ0n) is 13.6. The standard InChI is InChI=1S/C19H22N2O2/c1-3-15-8-10-17(11-9-15)23-13-16(22)12-21-14(2)20-18-6-4-5-7-19(18)21/h4-11,16,22H,3,12-13H2,1-2H3/t16-/m1/s1. The van der Waals surface area contributed by atoms with Crippen LogP contribution in [0, 0.1) is 6.92 Å². The van der Waals surface area contributed by atoms with E-state index in [1.807, 2.05) is 47.9 Å². The van der Waals surface area contributed by atoms with Crippen LogP contribution >= 0.6 is 0 Å². The van der Waals surface area contributed by atoms with E-state index in [1.165, 1.54) is 5.56 Å². The van der Waals surface area contributed by atoms with E-state index in [2.05, 4.69) is 24.0 Å². The van der Waals surface area contributed by atoms with Gasteiger partial charge in [-0.1, -0.05) is 31.2 Å². The number of hydrogen-bond acceptors (Lipinski definition) is 3. The molecule has 3 rings (SSSR count). The number of fused-ring (bicyclic) bond motifs is 1. The summed E-state index contributed by atoms with van der Waals surface area (Å²) >= 11 is 0. The van der Waals surface area contributed by atoms with Crippen molar-refractivity contribution in [1.29, 1.82) is 0 Å². The number of ether oxygens (including phenoxy) is 1. The molecule has 0 aliphatic carbocycles. The Kier molecular flexibility index (Phi) is 4.63. The summed E-state index contributed by atoms with van der Waals surface area (Å²) < 4.78 is 7.72.